The van der Waals surface area contributed by atoms with E-state index in [1.165, 1.54) is 30.6 Å². The highest BCUT2D eigenvalue weighted by molar-refractivity contribution is 8.03. The number of nitrogens with one attached hydrogen (secondary N) is 2. The molecule has 12 heteroatoms. The molecule has 1 aliphatic rings. The number of halogens is 4. The molecule has 2 N–H and O–H groups in total. The molecule has 1 aromatic carbocycles. The molecule has 7 nitrogen and oxygen atoms in total. The van der Waals surface area contributed by atoms with Crippen LogP contribution in [0.15, 0.2) is 52.7 Å². The van der Waals surface area contributed by atoms with Crippen molar-refractivity contribution >= 4 is 23.4 Å². The zero-order valence-electron chi connectivity index (χ0n) is 18.9. The Bertz CT molecular complexity index is 1270. The summed E-state index contributed by atoms with van der Waals surface area (Å²) in [6.45, 7) is 6.26. The van der Waals surface area contributed by atoms with E-state index >= 15 is 0 Å². The van der Waals surface area contributed by atoms with Crippen LogP contribution >= 0.6 is 11.8 Å². The molecule has 1 amide bonds. The maximum atomic E-state index is 13.3. The molecule has 1 atom stereocenters. The molecule has 1 unspecified atom stereocenters. The molecule has 0 saturated carbocycles. The van der Waals surface area contributed by atoms with Crippen LogP contribution in [0.4, 0.5) is 17.6 Å². The van der Waals surface area contributed by atoms with Gasteiger partial charge in [0.25, 0.3) is 5.91 Å². The summed E-state index contributed by atoms with van der Waals surface area (Å²) in [7, 11) is 0. The molecule has 2 aromatic heterocycles. The van der Waals surface area contributed by atoms with E-state index in [2.05, 4.69) is 30.3 Å². The van der Waals surface area contributed by atoms with Gasteiger partial charge in [0.05, 0.1) is 10.4 Å². The molecule has 3 aromatic rings. The fourth-order valence-electron chi connectivity index (χ4n) is 3.31. The van der Waals surface area contributed by atoms with Crippen molar-refractivity contribution in [2.24, 2.45) is 5.41 Å². The predicted molar refractivity (Wildman–Crippen MR) is 122 cm³/mol. The average molecular weight is 508 g/mol. The maximum absolute atomic E-state index is 13.3. The fourth-order valence-corrected chi connectivity index (χ4v) is 4.41. The second kappa shape index (κ2) is 8.99. The first-order valence-corrected chi connectivity index (χ1v) is 11.3. The number of alkyl halides is 3. The third kappa shape index (κ3) is 5.16. The van der Waals surface area contributed by atoms with Crippen LogP contribution in [-0.4, -0.2) is 32.4 Å². The summed E-state index contributed by atoms with van der Waals surface area (Å²) in [6, 6.07) is 7.51. The Hall–Kier alpha value is -3.41. The first-order valence-electron chi connectivity index (χ1n) is 10.4. The third-order valence-electron chi connectivity index (χ3n) is 5.85. The van der Waals surface area contributed by atoms with Crippen LogP contribution in [0.1, 0.15) is 42.6 Å². The first kappa shape index (κ1) is 24.7. The summed E-state index contributed by atoms with van der Waals surface area (Å²) < 4.78 is 55.7. The van der Waals surface area contributed by atoms with Crippen LogP contribution < -0.4 is 10.6 Å². The summed E-state index contributed by atoms with van der Waals surface area (Å²) in [5, 5.41) is 11.6. The van der Waals surface area contributed by atoms with E-state index in [9.17, 15) is 22.4 Å². The van der Waals surface area contributed by atoms with Crippen molar-refractivity contribution in [3.63, 3.8) is 0 Å². The van der Waals surface area contributed by atoms with E-state index in [1.807, 2.05) is 26.2 Å². The van der Waals surface area contributed by atoms with Crippen LogP contribution in [0.3, 0.4) is 0 Å². The maximum Gasteiger partial charge on any atom is 0.471 e. The molecule has 0 fully saturated rings. The third-order valence-corrected chi connectivity index (χ3v) is 7.33. The highest BCUT2D eigenvalue weighted by atomic mass is 32.2. The number of nitrogens with zero attached hydrogens (tertiary/aromatic N) is 3. The molecule has 0 saturated heterocycles. The van der Waals surface area contributed by atoms with Gasteiger partial charge in [0.15, 0.2) is 0 Å². The van der Waals surface area contributed by atoms with Crippen molar-refractivity contribution in [3.8, 4) is 11.4 Å². The minimum Gasteiger partial charge on any atom is -0.369 e. The van der Waals surface area contributed by atoms with E-state index in [0.29, 0.717) is 0 Å². The lowest BCUT2D eigenvalue weighted by molar-refractivity contribution is -0.159. The van der Waals surface area contributed by atoms with Gasteiger partial charge in [-0.25, -0.2) is 4.39 Å². The minimum atomic E-state index is -4.77. The van der Waals surface area contributed by atoms with Crippen molar-refractivity contribution in [2.75, 3.05) is 6.54 Å². The van der Waals surface area contributed by atoms with Gasteiger partial charge in [-0.05, 0) is 48.2 Å². The Morgan fingerprint density at radius 3 is 2.54 bits per heavy atom. The Balaban J connectivity index is 1.42. The lowest BCUT2D eigenvalue weighted by Crippen LogP contribution is -2.53. The molecule has 0 aliphatic carbocycles. The Kier molecular flexibility index (Phi) is 6.34. The van der Waals surface area contributed by atoms with Gasteiger partial charge >= 0.3 is 12.1 Å². The largest absolute Gasteiger partial charge is 0.471 e. The van der Waals surface area contributed by atoms with Gasteiger partial charge in [0, 0.05) is 35.6 Å². The monoisotopic (exact) mass is 507 g/mol. The number of aromatic nitrogens is 3. The molecule has 0 spiro atoms. The van der Waals surface area contributed by atoms with Crippen LogP contribution in [-0.2, 0) is 6.18 Å². The smallest absolute Gasteiger partial charge is 0.369 e. The zero-order valence-corrected chi connectivity index (χ0v) is 19.7. The first-order chi connectivity index (χ1) is 16.4. The molecule has 35 heavy (non-hydrogen) atoms. The van der Waals surface area contributed by atoms with Gasteiger partial charge in [-0.15, -0.1) is 11.8 Å². The number of pyridine rings is 1. The zero-order chi connectivity index (χ0) is 25.4. The number of thioether (sulfide) groups is 1. The Morgan fingerprint density at radius 2 is 1.89 bits per heavy atom. The topological polar surface area (TPSA) is 92.9 Å². The van der Waals surface area contributed by atoms with Crippen molar-refractivity contribution < 1.29 is 26.9 Å². The van der Waals surface area contributed by atoms with E-state index in [4.69, 9.17) is 0 Å². The van der Waals surface area contributed by atoms with Gasteiger partial charge in [0.2, 0.25) is 5.82 Å². The number of rotatable bonds is 6. The minimum absolute atomic E-state index is 0.115. The van der Waals surface area contributed by atoms with Gasteiger partial charge in [-0.3, -0.25) is 9.78 Å². The number of amides is 1. The van der Waals surface area contributed by atoms with Crippen LogP contribution in [0, 0.1) is 11.2 Å². The SMILES string of the molecule is CC(C)(CNC(=O)c1cncc(-c2noc(C(F)(F)F)n2)c1)C1(C)NC(c2ccc(F)cc2)=CS1. The summed E-state index contributed by atoms with van der Waals surface area (Å²) >= 11 is 1.56. The van der Waals surface area contributed by atoms with Crippen molar-refractivity contribution in [1.82, 2.24) is 25.8 Å². The average Bonchev–Trinajstić information content (AvgIpc) is 3.47. The molecule has 0 radical (unpaired) electrons. The van der Waals surface area contributed by atoms with Crippen LogP contribution in [0.5, 0.6) is 0 Å². The number of hydrogen-bond donors (Lipinski definition) is 2. The lowest BCUT2D eigenvalue weighted by Gasteiger charge is -2.41. The standard InChI is InChI=1S/C23H21F4N5O2S/c1-21(2,22(3)31-17(11-35-22)13-4-6-16(24)7-5-13)12-29-19(33)15-8-14(9-28-10-15)18-30-20(34-32-18)23(25,26)27/h4-11,31H,12H2,1-3H3,(H,29,33). The highest BCUT2D eigenvalue weighted by Crippen LogP contribution is 2.46. The number of benzene rings is 1. The van der Waals surface area contributed by atoms with E-state index < -0.39 is 28.3 Å². The molecule has 0 bridgehead atoms. The van der Waals surface area contributed by atoms with Gasteiger partial charge in [-0.2, -0.15) is 18.2 Å². The molecule has 184 valence electrons. The highest BCUT2D eigenvalue weighted by Gasteiger charge is 2.44. The second-order valence-electron chi connectivity index (χ2n) is 8.76. The summed E-state index contributed by atoms with van der Waals surface area (Å²) in [6.07, 6.45) is -2.23. The lowest BCUT2D eigenvalue weighted by atomic mass is 9.84. The summed E-state index contributed by atoms with van der Waals surface area (Å²) in [4.78, 5) is 19.6. The molecular weight excluding hydrogens is 486 g/mol. The van der Waals surface area contributed by atoms with Crippen molar-refractivity contribution in [3.05, 3.63) is 71.0 Å². The van der Waals surface area contributed by atoms with Crippen LogP contribution in [0.2, 0.25) is 0 Å². The second-order valence-corrected chi connectivity index (χ2v) is 10.1. The predicted octanol–water partition coefficient (Wildman–Crippen LogP) is 5.10. The number of carbonyl (C=O) groups is 1. The van der Waals surface area contributed by atoms with Crippen molar-refractivity contribution in [2.45, 2.75) is 31.8 Å². The molecule has 1 aliphatic heterocycles. The number of carbonyl (C=O) groups excluding carboxylic acids is 1. The molecule has 4 rings (SSSR count). The summed E-state index contributed by atoms with van der Waals surface area (Å²) in [5.74, 6) is -2.57. The normalized spacial score (nSPS) is 18.2. The Morgan fingerprint density at radius 1 is 1.17 bits per heavy atom. The van der Waals surface area contributed by atoms with E-state index in [-0.39, 0.29) is 29.3 Å². The van der Waals surface area contributed by atoms with Gasteiger partial charge in [-0.1, -0.05) is 19.0 Å². The van der Waals surface area contributed by atoms with Gasteiger partial charge in [0.1, 0.15) is 5.82 Å². The molecule has 3 heterocycles. The quantitative estimate of drug-likeness (QED) is 0.449. The Labute approximate surface area is 202 Å². The van der Waals surface area contributed by atoms with E-state index in [0.717, 1.165) is 11.3 Å². The van der Waals surface area contributed by atoms with Gasteiger partial charge < -0.3 is 15.2 Å². The number of hydrogen-bond acceptors (Lipinski definition) is 7. The van der Waals surface area contributed by atoms with Crippen molar-refractivity contribution in [1.29, 1.82) is 0 Å². The van der Waals surface area contributed by atoms with E-state index in [1.54, 1.807) is 23.9 Å². The fraction of sp³-hybridized carbons (Fsp3) is 0.304. The summed E-state index contributed by atoms with van der Waals surface area (Å²) in [5.41, 5.74) is 1.50. The molecular formula is C23H21F4N5O2S. The van der Waals surface area contributed by atoms with Crippen LogP contribution in [0.25, 0.3) is 17.1 Å².